The number of carbonyl (C=O) groups is 1. The van der Waals surface area contributed by atoms with E-state index in [1.54, 1.807) is 24.1 Å². The van der Waals surface area contributed by atoms with Crippen LogP contribution >= 0.6 is 0 Å². The molecule has 0 aliphatic heterocycles. The highest BCUT2D eigenvalue weighted by atomic mass is 16.5. The lowest BCUT2D eigenvalue weighted by Gasteiger charge is -2.06. The van der Waals surface area contributed by atoms with Crippen molar-refractivity contribution in [3.8, 4) is 0 Å². The van der Waals surface area contributed by atoms with Gasteiger partial charge in [0.25, 0.3) is 0 Å². The van der Waals surface area contributed by atoms with Gasteiger partial charge in [-0.1, -0.05) is 0 Å². The van der Waals surface area contributed by atoms with E-state index in [2.05, 4.69) is 9.84 Å². The molecule has 0 bridgehead atoms. The monoisotopic (exact) mass is 183 g/mol. The van der Waals surface area contributed by atoms with Crippen molar-refractivity contribution in [1.29, 1.82) is 0 Å². The van der Waals surface area contributed by atoms with Gasteiger partial charge in [0, 0.05) is 24.8 Å². The van der Waals surface area contributed by atoms with Gasteiger partial charge in [0.15, 0.2) is 0 Å². The Kier molecular flexibility index (Phi) is 3.02. The Balaban J connectivity index is 2.58. The number of hydrogen-bond donors (Lipinski definition) is 1. The molecule has 0 fully saturated rings. The van der Waals surface area contributed by atoms with Gasteiger partial charge in [-0.05, 0) is 0 Å². The molecule has 72 valence electrons. The van der Waals surface area contributed by atoms with Gasteiger partial charge in [-0.2, -0.15) is 5.10 Å². The molecule has 1 atom stereocenters. The summed E-state index contributed by atoms with van der Waals surface area (Å²) in [5.41, 5.74) is 6.57. The van der Waals surface area contributed by atoms with Gasteiger partial charge in [-0.25, -0.2) is 0 Å². The molecular weight excluding hydrogens is 170 g/mol. The van der Waals surface area contributed by atoms with Crippen molar-refractivity contribution >= 4 is 5.97 Å². The molecule has 13 heavy (non-hydrogen) atoms. The quantitative estimate of drug-likeness (QED) is 0.669. The van der Waals surface area contributed by atoms with Gasteiger partial charge in [-0.15, -0.1) is 0 Å². The van der Waals surface area contributed by atoms with Crippen LogP contribution in [0.2, 0.25) is 0 Å². The van der Waals surface area contributed by atoms with Crippen LogP contribution in [0, 0.1) is 0 Å². The Hall–Kier alpha value is -1.36. The molecule has 0 amide bonds. The lowest BCUT2D eigenvalue weighted by molar-refractivity contribution is -0.141. The zero-order chi connectivity index (χ0) is 9.84. The van der Waals surface area contributed by atoms with Crippen molar-refractivity contribution in [3.63, 3.8) is 0 Å². The van der Waals surface area contributed by atoms with Crippen LogP contribution in [-0.2, 0) is 16.6 Å². The largest absolute Gasteiger partial charge is 0.469 e. The fourth-order valence-corrected chi connectivity index (χ4v) is 1.01. The standard InChI is InChI=1S/C8H13N3O2/c1-11-5-6(4-10-11)7(9)3-8(12)13-2/h4-5,7H,3,9H2,1-2H3. The Morgan fingerprint density at radius 2 is 2.54 bits per heavy atom. The van der Waals surface area contributed by atoms with Crippen molar-refractivity contribution in [2.24, 2.45) is 12.8 Å². The SMILES string of the molecule is COC(=O)CC(N)c1cnn(C)c1. The summed E-state index contributed by atoms with van der Waals surface area (Å²) in [4.78, 5) is 10.9. The topological polar surface area (TPSA) is 70.1 Å². The number of nitrogens with zero attached hydrogens (tertiary/aromatic N) is 2. The highest BCUT2D eigenvalue weighted by molar-refractivity contribution is 5.70. The molecule has 1 rings (SSSR count). The Labute approximate surface area is 76.5 Å². The third kappa shape index (κ3) is 2.55. The molecule has 0 saturated carbocycles. The highest BCUT2D eigenvalue weighted by Crippen LogP contribution is 2.12. The number of ether oxygens (including phenoxy) is 1. The van der Waals surface area contributed by atoms with Crippen molar-refractivity contribution in [2.75, 3.05) is 7.11 Å². The van der Waals surface area contributed by atoms with Gasteiger partial charge in [0.05, 0.1) is 19.7 Å². The van der Waals surface area contributed by atoms with E-state index in [4.69, 9.17) is 5.73 Å². The predicted octanol–water partition coefficient (Wildman–Crippen LogP) is -0.0170. The van der Waals surface area contributed by atoms with Crippen molar-refractivity contribution in [1.82, 2.24) is 9.78 Å². The number of rotatable bonds is 3. The summed E-state index contributed by atoms with van der Waals surface area (Å²) in [6.45, 7) is 0. The van der Waals surface area contributed by atoms with Crippen LogP contribution in [0.25, 0.3) is 0 Å². The van der Waals surface area contributed by atoms with E-state index in [0.717, 1.165) is 5.56 Å². The van der Waals surface area contributed by atoms with E-state index in [0.29, 0.717) is 0 Å². The lowest BCUT2D eigenvalue weighted by atomic mass is 10.1. The predicted molar refractivity (Wildman–Crippen MR) is 46.8 cm³/mol. The third-order valence-corrected chi connectivity index (χ3v) is 1.77. The molecule has 5 heteroatoms. The van der Waals surface area contributed by atoms with Gasteiger partial charge < -0.3 is 10.5 Å². The maximum Gasteiger partial charge on any atom is 0.307 e. The van der Waals surface area contributed by atoms with Crippen LogP contribution in [-0.4, -0.2) is 22.9 Å². The fraction of sp³-hybridized carbons (Fsp3) is 0.500. The highest BCUT2D eigenvalue weighted by Gasteiger charge is 2.12. The molecule has 0 spiro atoms. The van der Waals surface area contributed by atoms with E-state index in [9.17, 15) is 4.79 Å². The van der Waals surface area contributed by atoms with E-state index < -0.39 is 0 Å². The number of esters is 1. The summed E-state index contributed by atoms with van der Waals surface area (Å²) >= 11 is 0. The van der Waals surface area contributed by atoms with Crippen LogP contribution in [0.5, 0.6) is 0 Å². The number of methoxy groups -OCH3 is 1. The van der Waals surface area contributed by atoms with Crippen LogP contribution in [0.4, 0.5) is 0 Å². The first kappa shape index (κ1) is 9.73. The van der Waals surface area contributed by atoms with Gasteiger partial charge in [-0.3, -0.25) is 9.48 Å². The summed E-state index contributed by atoms with van der Waals surface area (Å²) in [6.07, 6.45) is 3.61. The second-order valence-electron chi connectivity index (χ2n) is 2.83. The molecule has 0 radical (unpaired) electrons. The summed E-state index contributed by atoms with van der Waals surface area (Å²) < 4.78 is 6.15. The number of aromatic nitrogens is 2. The first-order valence-corrected chi connectivity index (χ1v) is 3.94. The van der Waals surface area contributed by atoms with E-state index >= 15 is 0 Å². The Bertz CT molecular complexity index is 295. The molecule has 1 aromatic rings. The average Bonchev–Trinajstić information content (AvgIpc) is 2.51. The second kappa shape index (κ2) is 4.04. The molecule has 1 unspecified atom stereocenters. The molecule has 0 saturated heterocycles. The molecule has 0 aliphatic carbocycles. The molecule has 5 nitrogen and oxygen atoms in total. The van der Waals surface area contributed by atoms with E-state index in [-0.39, 0.29) is 18.4 Å². The smallest absolute Gasteiger partial charge is 0.307 e. The Morgan fingerprint density at radius 1 is 1.85 bits per heavy atom. The van der Waals surface area contributed by atoms with Crippen LogP contribution in [0.15, 0.2) is 12.4 Å². The van der Waals surface area contributed by atoms with Crippen molar-refractivity contribution in [3.05, 3.63) is 18.0 Å². The molecule has 0 aliphatic rings. The molecular formula is C8H13N3O2. The molecule has 1 heterocycles. The number of carbonyl (C=O) groups excluding carboxylic acids is 1. The summed E-state index contributed by atoms with van der Waals surface area (Å²) in [5.74, 6) is -0.309. The minimum absolute atomic E-state index is 0.183. The van der Waals surface area contributed by atoms with E-state index in [1.807, 2.05) is 0 Å². The van der Waals surface area contributed by atoms with Gasteiger partial charge >= 0.3 is 5.97 Å². The molecule has 2 N–H and O–H groups in total. The van der Waals surface area contributed by atoms with Crippen LogP contribution in [0.1, 0.15) is 18.0 Å². The lowest BCUT2D eigenvalue weighted by Crippen LogP contribution is -2.15. The van der Waals surface area contributed by atoms with Crippen LogP contribution < -0.4 is 5.73 Å². The maximum absolute atomic E-state index is 10.9. The van der Waals surface area contributed by atoms with Crippen molar-refractivity contribution in [2.45, 2.75) is 12.5 Å². The Morgan fingerprint density at radius 3 is 3.00 bits per heavy atom. The van der Waals surface area contributed by atoms with Gasteiger partial charge in [0.1, 0.15) is 0 Å². The molecule has 1 aromatic heterocycles. The summed E-state index contributed by atoms with van der Waals surface area (Å²) in [7, 11) is 3.15. The van der Waals surface area contributed by atoms with Gasteiger partial charge in [0.2, 0.25) is 0 Å². The number of hydrogen-bond acceptors (Lipinski definition) is 4. The second-order valence-corrected chi connectivity index (χ2v) is 2.83. The zero-order valence-corrected chi connectivity index (χ0v) is 7.73. The first-order valence-electron chi connectivity index (χ1n) is 3.94. The minimum atomic E-state index is -0.332. The third-order valence-electron chi connectivity index (χ3n) is 1.77. The van der Waals surface area contributed by atoms with Crippen LogP contribution in [0.3, 0.4) is 0 Å². The normalized spacial score (nSPS) is 12.5. The fourth-order valence-electron chi connectivity index (χ4n) is 1.01. The average molecular weight is 183 g/mol. The zero-order valence-electron chi connectivity index (χ0n) is 7.73. The number of aryl methyl sites for hydroxylation is 1. The summed E-state index contributed by atoms with van der Waals surface area (Å²) in [5, 5.41) is 3.96. The number of nitrogens with two attached hydrogens (primary N) is 1. The first-order chi connectivity index (χ1) is 6.13. The van der Waals surface area contributed by atoms with Crippen molar-refractivity contribution < 1.29 is 9.53 Å². The minimum Gasteiger partial charge on any atom is -0.469 e. The molecule has 0 aromatic carbocycles. The maximum atomic E-state index is 10.9. The summed E-state index contributed by atoms with van der Waals surface area (Å²) in [6, 6.07) is -0.332. The van der Waals surface area contributed by atoms with E-state index in [1.165, 1.54) is 7.11 Å².